The van der Waals surface area contributed by atoms with Crippen molar-refractivity contribution in [1.82, 2.24) is 10.3 Å². The van der Waals surface area contributed by atoms with Crippen molar-refractivity contribution in [2.75, 3.05) is 26.8 Å². The lowest BCUT2D eigenvalue weighted by Crippen LogP contribution is -2.23. The first-order valence-corrected chi connectivity index (χ1v) is 7.46. The lowest BCUT2D eigenvalue weighted by Gasteiger charge is -2.13. The van der Waals surface area contributed by atoms with Crippen LogP contribution < -0.4 is 5.32 Å². The highest BCUT2D eigenvalue weighted by Gasteiger charge is 2.05. The van der Waals surface area contributed by atoms with E-state index in [1.165, 1.54) is 16.5 Å². The van der Waals surface area contributed by atoms with Crippen molar-refractivity contribution in [3.05, 3.63) is 47.7 Å². The lowest BCUT2D eigenvalue weighted by atomic mass is 9.99. The summed E-state index contributed by atoms with van der Waals surface area (Å²) in [7, 11) is 1.72. The van der Waals surface area contributed by atoms with Crippen LogP contribution in [0.4, 0.5) is 0 Å². The monoisotopic (exact) mass is 284 g/mol. The highest BCUT2D eigenvalue weighted by molar-refractivity contribution is 5.87. The molecule has 3 heteroatoms. The number of hydrogen-bond acceptors (Lipinski definition) is 3. The molecule has 0 spiro atoms. The highest BCUT2D eigenvalue weighted by Crippen LogP contribution is 2.21. The summed E-state index contributed by atoms with van der Waals surface area (Å²) in [5.41, 5.74) is 3.63. The Balaban J connectivity index is 2.23. The average molecular weight is 284 g/mol. The van der Waals surface area contributed by atoms with E-state index in [1.54, 1.807) is 7.11 Å². The molecule has 0 saturated carbocycles. The molecule has 112 valence electrons. The van der Waals surface area contributed by atoms with Gasteiger partial charge in [0.2, 0.25) is 0 Å². The minimum Gasteiger partial charge on any atom is -0.383 e. The summed E-state index contributed by atoms with van der Waals surface area (Å²) in [6, 6.07) is 10.4. The van der Waals surface area contributed by atoms with E-state index in [-0.39, 0.29) is 0 Å². The number of rotatable bonds is 7. The molecular formula is C18H24N2O. The predicted octanol–water partition coefficient (Wildman–Crippen LogP) is 3.51. The number of aromatic nitrogens is 1. The standard InChI is InChI=1S/C18H24N2O/c1-14(2)17(13-19-10-11-21-3)12-16-7-4-6-15-8-5-9-20-18(15)16/h4-9,12,14,19H,10-11,13H2,1-3H3. The van der Waals surface area contributed by atoms with Crippen LogP contribution in [0.2, 0.25) is 0 Å². The van der Waals surface area contributed by atoms with Gasteiger partial charge in [-0.25, -0.2) is 0 Å². The van der Waals surface area contributed by atoms with Gasteiger partial charge in [-0.05, 0) is 12.0 Å². The van der Waals surface area contributed by atoms with Crippen LogP contribution >= 0.6 is 0 Å². The van der Waals surface area contributed by atoms with Crippen molar-refractivity contribution in [2.45, 2.75) is 13.8 Å². The number of hydrogen-bond donors (Lipinski definition) is 1. The quantitative estimate of drug-likeness (QED) is 0.790. The Labute approximate surface area is 127 Å². The van der Waals surface area contributed by atoms with Gasteiger partial charge in [-0.15, -0.1) is 0 Å². The molecule has 1 aromatic heterocycles. The molecule has 0 radical (unpaired) electrons. The van der Waals surface area contributed by atoms with Crippen molar-refractivity contribution in [1.29, 1.82) is 0 Å². The van der Waals surface area contributed by atoms with Gasteiger partial charge in [0.15, 0.2) is 0 Å². The van der Waals surface area contributed by atoms with Crippen molar-refractivity contribution < 1.29 is 4.74 Å². The van der Waals surface area contributed by atoms with E-state index in [0.717, 1.165) is 25.2 Å². The zero-order valence-corrected chi connectivity index (χ0v) is 13.1. The van der Waals surface area contributed by atoms with E-state index >= 15 is 0 Å². The lowest BCUT2D eigenvalue weighted by molar-refractivity contribution is 0.200. The fourth-order valence-corrected chi connectivity index (χ4v) is 2.27. The molecule has 0 aliphatic heterocycles. The third kappa shape index (κ3) is 4.38. The molecule has 1 heterocycles. The summed E-state index contributed by atoms with van der Waals surface area (Å²) in [6.45, 7) is 6.94. The zero-order chi connectivity index (χ0) is 15.1. The fraction of sp³-hybridized carbons (Fsp3) is 0.389. The van der Waals surface area contributed by atoms with Gasteiger partial charge in [0.05, 0.1) is 12.1 Å². The molecule has 2 rings (SSSR count). The van der Waals surface area contributed by atoms with Gasteiger partial charge >= 0.3 is 0 Å². The first-order valence-electron chi connectivity index (χ1n) is 7.46. The molecular weight excluding hydrogens is 260 g/mol. The molecule has 1 N–H and O–H groups in total. The SMILES string of the molecule is COCCNCC(=Cc1cccc2cccnc12)C(C)C. The predicted molar refractivity (Wildman–Crippen MR) is 89.3 cm³/mol. The molecule has 3 nitrogen and oxygen atoms in total. The third-order valence-corrected chi connectivity index (χ3v) is 3.56. The van der Waals surface area contributed by atoms with Crippen LogP contribution in [0.5, 0.6) is 0 Å². The molecule has 21 heavy (non-hydrogen) atoms. The Morgan fingerprint density at radius 1 is 1.29 bits per heavy atom. The van der Waals surface area contributed by atoms with Gasteiger partial charge in [0.25, 0.3) is 0 Å². The first kappa shape index (κ1) is 15.7. The van der Waals surface area contributed by atoms with Gasteiger partial charge < -0.3 is 10.1 Å². The van der Waals surface area contributed by atoms with Crippen molar-refractivity contribution in [2.24, 2.45) is 5.92 Å². The molecule has 0 aliphatic carbocycles. The molecule has 0 saturated heterocycles. The van der Waals surface area contributed by atoms with Gasteiger partial charge in [-0.2, -0.15) is 0 Å². The van der Waals surface area contributed by atoms with Crippen molar-refractivity contribution >= 4 is 17.0 Å². The van der Waals surface area contributed by atoms with Gasteiger partial charge in [0, 0.05) is 37.3 Å². The molecule has 2 aromatic rings. The molecule has 0 amide bonds. The van der Waals surface area contributed by atoms with Gasteiger partial charge in [0.1, 0.15) is 0 Å². The van der Waals surface area contributed by atoms with Crippen LogP contribution in [-0.2, 0) is 4.74 Å². The largest absolute Gasteiger partial charge is 0.383 e. The smallest absolute Gasteiger partial charge is 0.0774 e. The second-order valence-electron chi connectivity index (χ2n) is 5.47. The minimum atomic E-state index is 0.499. The number of nitrogens with one attached hydrogen (secondary N) is 1. The van der Waals surface area contributed by atoms with Crippen LogP contribution in [0.3, 0.4) is 0 Å². The number of fused-ring (bicyclic) bond motifs is 1. The topological polar surface area (TPSA) is 34.1 Å². The molecule has 0 bridgehead atoms. The van der Waals surface area contributed by atoms with E-state index in [9.17, 15) is 0 Å². The third-order valence-electron chi connectivity index (χ3n) is 3.56. The number of ether oxygens (including phenoxy) is 1. The van der Waals surface area contributed by atoms with E-state index in [0.29, 0.717) is 5.92 Å². The zero-order valence-electron chi connectivity index (χ0n) is 13.1. The number of para-hydroxylation sites is 1. The van der Waals surface area contributed by atoms with E-state index in [4.69, 9.17) is 4.74 Å². The maximum absolute atomic E-state index is 5.07. The normalized spacial score (nSPS) is 12.3. The molecule has 0 fully saturated rings. The Kier molecular flexibility index (Phi) is 5.90. The van der Waals surface area contributed by atoms with E-state index in [2.05, 4.69) is 54.5 Å². The minimum absolute atomic E-state index is 0.499. The highest BCUT2D eigenvalue weighted by atomic mass is 16.5. The van der Waals surface area contributed by atoms with Crippen molar-refractivity contribution in [3.63, 3.8) is 0 Å². The van der Waals surface area contributed by atoms with Gasteiger partial charge in [-0.3, -0.25) is 4.98 Å². The maximum atomic E-state index is 5.07. The maximum Gasteiger partial charge on any atom is 0.0774 e. The summed E-state index contributed by atoms with van der Waals surface area (Å²) < 4.78 is 5.07. The molecule has 0 aliphatic rings. The van der Waals surface area contributed by atoms with E-state index in [1.807, 2.05) is 12.3 Å². The summed E-state index contributed by atoms with van der Waals surface area (Å²) >= 11 is 0. The van der Waals surface area contributed by atoms with Crippen LogP contribution in [0.15, 0.2) is 42.1 Å². The van der Waals surface area contributed by atoms with Crippen molar-refractivity contribution in [3.8, 4) is 0 Å². The molecule has 1 aromatic carbocycles. The Bertz CT molecular complexity index is 600. The number of benzene rings is 1. The fourth-order valence-electron chi connectivity index (χ4n) is 2.27. The van der Waals surface area contributed by atoms with Crippen LogP contribution in [0.1, 0.15) is 19.4 Å². The second-order valence-corrected chi connectivity index (χ2v) is 5.47. The molecule has 0 atom stereocenters. The summed E-state index contributed by atoms with van der Waals surface area (Å²) in [4.78, 5) is 4.52. The Morgan fingerprint density at radius 2 is 2.10 bits per heavy atom. The first-order chi connectivity index (χ1) is 10.2. The Morgan fingerprint density at radius 3 is 2.86 bits per heavy atom. The van der Waals surface area contributed by atoms with Crippen LogP contribution in [-0.4, -0.2) is 31.8 Å². The number of nitrogens with zero attached hydrogens (tertiary/aromatic N) is 1. The Hall–Kier alpha value is -1.71. The number of methoxy groups -OCH3 is 1. The van der Waals surface area contributed by atoms with E-state index < -0.39 is 0 Å². The van der Waals surface area contributed by atoms with Crippen LogP contribution in [0, 0.1) is 5.92 Å². The van der Waals surface area contributed by atoms with Gasteiger partial charge in [-0.1, -0.05) is 49.8 Å². The number of pyridine rings is 1. The second kappa shape index (κ2) is 7.91. The summed E-state index contributed by atoms with van der Waals surface area (Å²) in [6.07, 6.45) is 4.12. The summed E-state index contributed by atoms with van der Waals surface area (Å²) in [5.74, 6) is 0.499. The van der Waals surface area contributed by atoms with Crippen LogP contribution in [0.25, 0.3) is 17.0 Å². The molecule has 0 unspecified atom stereocenters. The summed E-state index contributed by atoms with van der Waals surface area (Å²) in [5, 5.41) is 4.60. The average Bonchev–Trinajstić information content (AvgIpc) is 2.50.